The number of hydrogen-bond donors (Lipinski definition) is 3. The second-order valence-electron chi connectivity index (χ2n) is 13.9. The van der Waals surface area contributed by atoms with E-state index in [0.717, 1.165) is 36.8 Å². The van der Waals surface area contributed by atoms with Gasteiger partial charge in [-0.15, -0.1) is 6.58 Å². The molecule has 6 atom stereocenters. The first-order valence-electron chi connectivity index (χ1n) is 18.5. The van der Waals surface area contributed by atoms with Crippen LogP contribution in [0.3, 0.4) is 0 Å². The summed E-state index contributed by atoms with van der Waals surface area (Å²) in [5.41, 5.74) is 2.85. The average molecular weight is 734 g/mol. The van der Waals surface area contributed by atoms with Crippen molar-refractivity contribution in [2.75, 3.05) is 47.3 Å². The average Bonchev–Trinajstić information content (AvgIpc) is 3.64. The Kier molecular flexibility index (Phi) is 12.3. The molecule has 2 aliphatic heterocycles. The van der Waals surface area contributed by atoms with Crippen LogP contribution in [0, 0.1) is 17.8 Å². The molecule has 0 radical (unpaired) electrons. The lowest BCUT2D eigenvalue weighted by Crippen LogP contribution is -2.69. The number of carbonyl (C=O) groups excluding carboxylic acids is 2. The summed E-state index contributed by atoms with van der Waals surface area (Å²) in [5.74, 6) is -0.316. The molecule has 0 aromatic heterocycles. The van der Waals surface area contributed by atoms with Crippen LogP contribution in [0.4, 0.5) is 4.79 Å². The monoisotopic (exact) mass is 733 g/mol. The molecular weight excluding hydrogens is 682 g/mol. The largest absolute Gasteiger partial charge is 0.459 e. The number of carbonyl (C=O) groups is 2. The maximum atomic E-state index is 14.4. The van der Waals surface area contributed by atoms with E-state index < -0.39 is 23.8 Å². The zero-order chi connectivity index (χ0) is 37.5. The Morgan fingerprint density at radius 1 is 1.06 bits per heavy atom. The number of nitrogens with one attached hydrogen (secondary N) is 1. The van der Waals surface area contributed by atoms with Crippen molar-refractivity contribution in [1.29, 1.82) is 0 Å². The summed E-state index contributed by atoms with van der Waals surface area (Å²) in [4.78, 5) is 34.2. The molecule has 0 bridgehead atoms. The third kappa shape index (κ3) is 7.60. The van der Waals surface area contributed by atoms with Crippen LogP contribution in [-0.4, -0.2) is 92.0 Å². The molecule has 0 saturated heterocycles. The highest BCUT2D eigenvalue weighted by molar-refractivity contribution is 6.03. The van der Waals surface area contributed by atoms with Gasteiger partial charge in [0.1, 0.15) is 24.7 Å². The van der Waals surface area contributed by atoms with E-state index in [4.69, 9.17) is 28.5 Å². The molecule has 2 aromatic carbocycles. The maximum Gasteiger partial charge on any atom is 0.412 e. The number of amides is 2. The number of ether oxygens (including phenoxy) is 5. The van der Waals surface area contributed by atoms with Crippen molar-refractivity contribution in [3.63, 3.8) is 0 Å². The highest BCUT2D eigenvalue weighted by Gasteiger charge is 2.65. The van der Waals surface area contributed by atoms with E-state index in [1.54, 1.807) is 48.4 Å². The fraction of sp³-hybridized carbons (Fsp3) is 0.525. The molecule has 0 unspecified atom stereocenters. The van der Waals surface area contributed by atoms with Crippen molar-refractivity contribution in [2.24, 2.45) is 22.9 Å². The van der Waals surface area contributed by atoms with Crippen molar-refractivity contribution in [3.8, 4) is 23.0 Å². The van der Waals surface area contributed by atoms with Crippen LogP contribution in [-0.2, 0) is 9.57 Å². The highest BCUT2D eigenvalue weighted by Crippen LogP contribution is 2.62. The molecule has 4 aliphatic rings. The molecule has 53 heavy (non-hydrogen) atoms. The molecule has 2 aromatic rings. The number of fused-ring (bicyclic) bond motifs is 3. The molecule has 1 fully saturated rings. The fourth-order valence-corrected chi connectivity index (χ4v) is 8.56. The van der Waals surface area contributed by atoms with E-state index in [1.807, 2.05) is 13.0 Å². The van der Waals surface area contributed by atoms with Crippen molar-refractivity contribution in [2.45, 2.75) is 69.6 Å². The molecule has 13 nitrogen and oxygen atoms in total. The first-order chi connectivity index (χ1) is 25.8. The lowest BCUT2D eigenvalue weighted by Gasteiger charge is -2.59. The minimum atomic E-state index is -1.40. The van der Waals surface area contributed by atoms with Crippen LogP contribution in [0.1, 0.15) is 73.7 Å². The second-order valence-corrected chi connectivity index (χ2v) is 13.9. The van der Waals surface area contributed by atoms with Gasteiger partial charge in [0.05, 0.1) is 18.2 Å². The molecule has 0 spiro atoms. The number of benzene rings is 2. The molecule has 286 valence electrons. The molecule has 1 saturated carbocycles. The molecule has 2 aliphatic carbocycles. The summed E-state index contributed by atoms with van der Waals surface area (Å²) >= 11 is 0. The normalized spacial score (nSPS) is 25.7. The number of rotatable bonds is 16. The summed E-state index contributed by atoms with van der Waals surface area (Å²) in [6.45, 7) is 6.59. The number of nitrogens with zero attached hydrogens (tertiary/aromatic N) is 2. The number of unbranched alkanes of at least 4 members (excludes halogenated alkanes) is 2. The number of aliphatic hydroxyl groups excluding tert-OH is 2. The van der Waals surface area contributed by atoms with E-state index in [-0.39, 0.29) is 56.7 Å². The molecule has 6 rings (SSSR count). The van der Waals surface area contributed by atoms with Crippen molar-refractivity contribution in [1.82, 2.24) is 10.2 Å². The van der Waals surface area contributed by atoms with Gasteiger partial charge < -0.3 is 49.0 Å². The fourth-order valence-electron chi connectivity index (χ4n) is 8.56. The molecule has 2 heterocycles. The topological polar surface area (TPSA) is 158 Å². The summed E-state index contributed by atoms with van der Waals surface area (Å²) < 4.78 is 30.8. The van der Waals surface area contributed by atoms with E-state index in [2.05, 4.69) is 23.1 Å². The van der Waals surface area contributed by atoms with Gasteiger partial charge in [-0.25, -0.2) is 4.79 Å². The quantitative estimate of drug-likeness (QED) is 0.113. The summed E-state index contributed by atoms with van der Waals surface area (Å²) in [5, 5.41) is 26.8. The Balaban J connectivity index is 1.54. The summed E-state index contributed by atoms with van der Waals surface area (Å²) in [6.07, 6.45) is 8.13. The number of hydrogen-bond acceptors (Lipinski definition) is 11. The summed E-state index contributed by atoms with van der Waals surface area (Å²) in [7, 11) is 3.25. The minimum absolute atomic E-state index is 0.0282. The van der Waals surface area contributed by atoms with E-state index >= 15 is 0 Å². The first-order valence-corrected chi connectivity index (χ1v) is 18.5. The van der Waals surface area contributed by atoms with E-state index in [9.17, 15) is 19.8 Å². The minimum Gasteiger partial charge on any atom is -0.459 e. The van der Waals surface area contributed by atoms with Gasteiger partial charge in [-0.05, 0) is 86.4 Å². The number of likely N-dealkylation sites (N-methyl/N-ethyl adjacent to an activating group) is 1. The SMILES string of the molecule is C=CCO[C@@]12Oc3ccc(OC(=O)NCC)cc3[C@H]3[C@H](CCCCO)[C@@H](CCCCO)C=C(C(=NOC)C[C@@H]1N(C)C(=O)c1ccc4c(c1)OCO4)[C@H]32. The van der Waals surface area contributed by atoms with Gasteiger partial charge in [0.15, 0.2) is 11.5 Å². The van der Waals surface area contributed by atoms with Crippen LogP contribution in [0.15, 0.2) is 65.9 Å². The molecule has 13 heteroatoms. The van der Waals surface area contributed by atoms with Crippen LogP contribution < -0.4 is 24.3 Å². The Morgan fingerprint density at radius 3 is 2.55 bits per heavy atom. The predicted octanol–water partition coefficient (Wildman–Crippen LogP) is 5.56. The highest BCUT2D eigenvalue weighted by atomic mass is 16.7. The zero-order valence-corrected chi connectivity index (χ0v) is 30.8. The number of allylic oxidation sites excluding steroid dienone is 1. The van der Waals surface area contributed by atoms with E-state index in [1.165, 1.54) is 7.11 Å². The predicted molar refractivity (Wildman–Crippen MR) is 196 cm³/mol. The van der Waals surface area contributed by atoms with Gasteiger partial charge in [-0.2, -0.15) is 0 Å². The van der Waals surface area contributed by atoms with Gasteiger partial charge >= 0.3 is 6.09 Å². The smallest absolute Gasteiger partial charge is 0.412 e. The van der Waals surface area contributed by atoms with Crippen molar-refractivity contribution < 1.29 is 48.3 Å². The lowest BCUT2D eigenvalue weighted by molar-refractivity contribution is -0.252. The number of oxime groups is 1. The van der Waals surface area contributed by atoms with Gasteiger partial charge in [-0.1, -0.05) is 30.1 Å². The Labute approximate surface area is 310 Å². The second kappa shape index (κ2) is 17.0. The Morgan fingerprint density at radius 2 is 1.81 bits per heavy atom. The van der Waals surface area contributed by atoms with E-state index in [0.29, 0.717) is 53.7 Å². The maximum absolute atomic E-state index is 14.4. The zero-order valence-electron chi connectivity index (χ0n) is 30.8. The Hall–Kier alpha value is -4.59. The van der Waals surface area contributed by atoms with Gasteiger partial charge in [-0.3, -0.25) is 4.79 Å². The summed E-state index contributed by atoms with van der Waals surface area (Å²) in [6, 6.07) is 9.81. The molecule has 2 amide bonds. The molecular formula is C40H51N3O10. The Bertz CT molecular complexity index is 1710. The van der Waals surface area contributed by atoms with Crippen molar-refractivity contribution >= 4 is 17.7 Å². The molecule has 3 N–H and O–H groups in total. The van der Waals surface area contributed by atoms with Gasteiger partial charge in [0, 0.05) is 50.3 Å². The lowest BCUT2D eigenvalue weighted by atomic mass is 9.55. The standard InChI is InChI=1S/C40H51N3O10/c1-5-19-51-40-35(43(3)38(46)26-13-15-33-34(21-26)50-24-49-33)23-31(42-48-4)29-20-25(11-7-9-17-44)28(12-8-10-18-45)36(37(29)40)30-22-27(14-16-32(30)53-40)52-39(47)41-6-2/h5,13-16,20-22,25,28,35-37,44-45H,1,6-12,17-19,23-24H2,2-4H3,(H,41,47)/t25-,28+,35-,36+,37+,40+/m0/s1. The van der Waals surface area contributed by atoms with Gasteiger partial charge in [0.2, 0.25) is 12.6 Å². The van der Waals surface area contributed by atoms with Gasteiger partial charge in [0.25, 0.3) is 5.91 Å². The van der Waals surface area contributed by atoms with Crippen LogP contribution in [0.5, 0.6) is 23.0 Å². The third-order valence-electron chi connectivity index (χ3n) is 10.8. The third-order valence-corrected chi connectivity index (χ3v) is 10.8. The first kappa shape index (κ1) is 38.1. The van der Waals surface area contributed by atoms with Crippen LogP contribution in [0.25, 0.3) is 0 Å². The van der Waals surface area contributed by atoms with Crippen LogP contribution in [0.2, 0.25) is 0 Å². The van der Waals surface area contributed by atoms with Crippen molar-refractivity contribution in [3.05, 3.63) is 71.8 Å². The number of aliphatic hydroxyl groups is 2. The van der Waals surface area contributed by atoms with Crippen LogP contribution >= 0.6 is 0 Å².